The Morgan fingerprint density at radius 3 is 2.31 bits per heavy atom. The van der Waals surface area contributed by atoms with E-state index in [9.17, 15) is 4.79 Å². The third-order valence-electron chi connectivity index (χ3n) is 4.74. The van der Waals surface area contributed by atoms with Gasteiger partial charge in [0.15, 0.2) is 5.96 Å². The highest BCUT2D eigenvalue weighted by Gasteiger charge is 2.34. The highest BCUT2D eigenvalue weighted by atomic mass is 127. The Hall–Kier alpha value is -1.55. The van der Waals surface area contributed by atoms with Crippen LogP contribution >= 0.6 is 24.0 Å². The van der Waals surface area contributed by atoms with Crippen LogP contribution in [0.25, 0.3) is 0 Å². The fraction of sp³-hybridized carbons (Fsp3) is 0.619. The molecule has 1 aromatic rings. The van der Waals surface area contributed by atoms with E-state index in [4.69, 9.17) is 9.47 Å². The highest BCUT2D eigenvalue weighted by Crippen LogP contribution is 2.34. The SMILES string of the molecule is CN=C(NCCNC(=O)OC(C)(C)C)NCC1(c2ccccc2)CCOCC1.I. The first kappa shape index (κ1) is 25.5. The zero-order chi connectivity index (χ0) is 20.5. The smallest absolute Gasteiger partial charge is 0.407 e. The molecule has 1 aliphatic heterocycles. The second-order valence-corrected chi connectivity index (χ2v) is 8.04. The molecule has 164 valence electrons. The molecule has 0 bridgehead atoms. The molecule has 1 fully saturated rings. The first-order chi connectivity index (χ1) is 13.3. The van der Waals surface area contributed by atoms with Crippen molar-refractivity contribution in [2.45, 2.75) is 44.6 Å². The summed E-state index contributed by atoms with van der Waals surface area (Å²) in [6.45, 7) is 8.85. The van der Waals surface area contributed by atoms with Crippen molar-refractivity contribution >= 4 is 36.0 Å². The van der Waals surface area contributed by atoms with Crippen molar-refractivity contribution in [2.75, 3.05) is 39.9 Å². The van der Waals surface area contributed by atoms with Crippen LogP contribution < -0.4 is 16.0 Å². The standard InChI is InChI=1S/C21H34N4O3.HI/c1-20(2,3)28-19(26)24-13-12-23-18(22-4)25-16-21(10-14-27-15-11-21)17-8-6-5-7-9-17;/h5-9H,10-16H2,1-4H3,(H,24,26)(H2,22,23,25);1H. The molecule has 1 amide bonds. The molecule has 0 unspecified atom stereocenters. The summed E-state index contributed by atoms with van der Waals surface area (Å²) in [4.78, 5) is 16.0. The fourth-order valence-corrected chi connectivity index (χ4v) is 3.25. The summed E-state index contributed by atoms with van der Waals surface area (Å²) in [5.41, 5.74) is 0.865. The lowest BCUT2D eigenvalue weighted by Gasteiger charge is -2.38. The number of halogens is 1. The van der Waals surface area contributed by atoms with E-state index in [0.29, 0.717) is 19.0 Å². The molecule has 0 aromatic heterocycles. The van der Waals surface area contributed by atoms with E-state index in [1.165, 1.54) is 5.56 Å². The molecule has 29 heavy (non-hydrogen) atoms. The Balaban J connectivity index is 0.00000420. The molecular weight excluding hydrogens is 483 g/mol. The van der Waals surface area contributed by atoms with E-state index in [-0.39, 0.29) is 29.4 Å². The van der Waals surface area contributed by atoms with Crippen LogP contribution in [-0.4, -0.2) is 57.5 Å². The molecule has 1 saturated heterocycles. The summed E-state index contributed by atoms with van der Waals surface area (Å²) in [7, 11) is 1.75. The molecule has 1 heterocycles. The van der Waals surface area contributed by atoms with Crippen molar-refractivity contribution in [1.29, 1.82) is 0 Å². The maximum Gasteiger partial charge on any atom is 0.407 e. The molecule has 7 nitrogen and oxygen atoms in total. The normalized spacial score (nSPS) is 16.3. The van der Waals surface area contributed by atoms with E-state index < -0.39 is 11.7 Å². The first-order valence-corrected chi connectivity index (χ1v) is 9.89. The van der Waals surface area contributed by atoms with E-state index >= 15 is 0 Å². The minimum absolute atomic E-state index is 0. The first-order valence-electron chi connectivity index (χ1n) is 9.89. The van der Waals surface area contributed by atoms with E-state index in [1.807, 2.05) is 26.8 Å². The van der Waals surface area contributed by atoms with Crippen molar-refractivity contribution in [1.82, 2.24) is 16.0 Å². The van der Waals surface area contributed by atoms with E-state index in [2.05, 4.69) is 45.2 Å². The van der Waals surface area contributed by atoms with E-state index in [1.54, 1.807) is 7.05 Å². The van der Waals surface area contributed by atoms with Crippen LogP contribution in [0.2, 0.25) is 0 Å². The van der Waals surface area contributed by atoms with Gasteiger partial charge in [-0.05, 0) is 39.2 Å². The molecule has 0 aliphatic carbocycles. The summed E-state index contributed by atoms with van der Waals surface area (Å²) in [5.74, 6) is 0.716. The lowest BCUT2D eigenvalue weighted by atomic mass is 9.74. The number of ether oxygens (including phenoxy) is 2. The van der Waals surface area contributed by atoms with Gasteiger partial charge < -0.3 is 25.4 Å². The largest absolute Gasteiger partial charge is 0.444 e. The Kier molecular flexibility index (Phi) is 10.7. The van der Waals surface area contributed by atoms with Crippen molar-refractivity contribution < 1.29 is 14.3 Å². The van der Waals surface area contributed by atoms with Gasteiger partial charge in [0, 0.05) is 45.3 Å². The number of hydrogen-bond donors (Lipinski definition) is 3. The lowest BCUT2D eigenvalue weighted by Crippen LogP contribution is -2.49. The molecule has 0 radical (unpaired) electrons. The van der Waals surface area contributed by atoms with Crippen LogP contribution in [0.4, 0.5) is 4.79 Å². The van der Waals surface area contributed by atoms with E-state index in [0.717, 1.165) is 32.6 Å². The number of aliphatic imine (C=N–C) groups is 1. The Morgan fingerprint density at radius 2 is 1.72 bits per heavy atom. The number of rotatable bonds is 6. The summed E-state index contributed by atoms with van der Waals surface area (Å²) in [6.07, 6.45) is 1.53. The topological polar surface area (TPSA) is 84.0 Å². The zero-order valence-corrected chi connectivity index (χ0v) is 20.2. The summed E-state index contributed by atoms with van der Waals surface area (Å²) >= 11 is 0. The number of hydrogen-bond acceptors (Lipinski definition) is 4. The highest BCUT2D eigenvalue weighted by molar-refractivity contribution is 14.0. The number of amides is 1. The predicted octanol–water partition coefficient (Wildman–Crippen LogP) is 3.04. The second-order valence-electron chi connectivity index (χ2n) is 8.04. The van der Waals surface area contributed by atoms with Crippen molar-refractivity contribution in [3.05, 3.63) is 35.9 Å². The molecule has 8 heteroatoms. The van der Waals surface area contributed by atoms with Crippen LogP contribution in [-0.2, 0) is 14.9 Å². The zero-order valence-electron chi connectivity index (χ0n) is 17.9. The third kappa shape index (κ3) is 8.77. The fourth-order valence-electron chi connectivity index (χ4n) is 3.25. The van der Waals surface area contributed by atoms with Gasteiger partial charge in [0.05, 0.1) is 0 Å². The molecule has 0 atom stereocenters. The predicted molar refractivity (Wildman–Crippen MR) is 127 cm³/mol. The van der Waals surface area contributed by atoms with Crippen LogP contribution in [0.5, 0.6) is 0 Å². The van der Waals surface area contributed by atoms with Crippen LogP contribution in [0, 0.1) is 0 Å². The van der Waals surface area contributed by atoms with Crippen LogP contribution in [0.15, 0.2) is 35.3 Å². The third-order valence-corrected chi connectivity index (χ3v) is 4.74. The van der Waals surface area contributed by atoms with Gasteiger partial charge in [-0.15, -0.1) is 24.0 Å². The van der Waals surface area contributed by atoms with Gasteiger partial charge >= 0.3 is 6.09 Å². The monoisotopic (exact) mass is 518 g/mol. The Bertz CT molecular complexity index is 641. The average molecular weight is 518 g/mol. The van der Waals surface area contributed by atoms with Gasteiger partial charge in [-0.3, -0.25) is 4.99 Å². The molecule has 3 N–H and O–H groups in total. The Labute approximate surface area is 191 Å². The van der Waals surface area contributed by atoms with Crippen molar-refractivity contribution in [3.63, 3.8) is 0 Å². The lowest BCUT2D eigenvalue weighted by molar-refractivity contribution is 0.0513. The number of guanidine groups is 1. The molecular formula is C21H35IN4O3. The minimum atomic E-state index is -0.495. The molecule has 1 aromatic carbocycles. The maximum atomic E-state index is 11.7. The van der Waals surface area contributed by atoms with Crippen molar-refractivity contribution in [3.8, 4) is 0 Å². The quantitative estimate of drug-likeness (QED) is 0.234. The summed E-state index contributed by atoms with van der Waals surface area (Å²) < 4.78 is 10.8. The second kappa shape index (κ2) is 12.2. The van der Waals surface area contributed by atoms with Crippen LogP contribution in [0.1, 0.15) is 39.2 Å². The molecule has 2 rings (SSSR count). The van der Waals surface area contributed by atoms with Gasteiger partial charge in [-0.2, -0.15) is 0 Å². The summed E-state index contributed by atoms with van der Waals surface area (Å²) in [5, 5.41) is 9.41. The molecule has 0 spiro atoms. The number of nitrogens with zero attached hydrogens (tertiary/aromatic N) is 1. The number of carbonyl (C=O) groups is 1. The number of alkyl carbamates (subject to hydrolysis) is 1. The van der Waals surface area contributed by atoms with Gasteiger partial charge in [0.2, 0.25) is 0 Å². The van der Waals surface area contributed by atoms with Crippen LogP contribution in [0.3, 0.4) is 0 Å². The minimum Gasteiger partial charge on any atom is -0.444 e. The summed E-state index contributed by atoms with van der Waals surface area (Å²) in [6, 6.07) is 10.6. The maximum absolute atomic E-state index is 11.7. The average Bonchev–Trinajstić information content (AvgIpc) is 2.67. The number of benzene rings is 1. The van der Waals surface area contributed by atoms with Gasteiger partial charge in [0.25, 0.3) is 0 Å². The number of nitrogens with one attached hydrogen (secondary N) is 3. The van der Waals surface area contributed by atoms with Gasteiger partial charge in [-0.25, -0.2) is 4.79 Å². The molecule has 0 saturated carbocycles. The van der Waals surface area contributed by atoms with Crippen molar-refractivity contribution in [2.24, 2.45) is 4.99 Å². The van der Waals surface area contributed by atoms with Gasteiger partial charge in [0.1, 0.15) is 5.60 Å². The molecule has 1 aliphatic rings. The Morgan fingerprint density at radius 1 is 1.10 bits per heavy atom. The van der Waals surface area contributed by atoms with Gasteiger partial charge in [-0.1, -0.05) is 30.3 Å². The number of carbonyl (C=O) groups excluding carboxylic acids is 1.